The van der Waals surface area contributed by atoms with Crippen LogP contribution in [0.4, 0.5) is 0 Å². The number of hydrogen-bond donors (Lipinski definition) is 2. The molecule has 3 nitrogen and oxygen atoms in total. The van der Waals surface area contributed by atoms with Crippen LogP contribution < -0.4 is 5.73 Å². The van der Waals surface area contributed by atoms with Crippen LogP contribution in [0, 0.1) is 23.7 Å². The second kappa shape index (κ2) is 9.44. The lowest BCUT2D eigenvalue weighted by molar-refractivity contribution is 0.0396. The van der Waals surface area contributed by atoms with E-state index in [2.05, 4.69) is 30.9 Å². The predicted molar refractivity (Wildman–Crippen MR) is 96.2 cm³/mol. The Morgan fingerprint density at radius 1 is 1.35 bits per heavy atom. The first-order chi connectivity index (χ1) is 11.0. The number of hydrogen-bond acceptors (Lipinski definition) is 4. The van der Waals surface area contributed by atoms with Gasteiger partial charge in [-0.05, 0) is 62.5 Å². The molecular weight excluding hydrogens is 306 g/mol. The molecule has 23 heavy (non-hydrogen) atoms. The SMILES string of the molecule is CC1CCC(OCC#Cc2ccc(CC[C@@H](C)C(N)O)s2)CC1. The fraction of sp³-hybridized carbons (Fsp3) is 0.684. The van der Waals surface area contributed by atoms with Crippen LogP contribution in [0.15, 0.2) is 12.1 Å². The van der Waals surface area contributed by atoms with Crippen molar-refractivity contribution in [2.24, 2.45) is 17.6 Å². The van der Waals surface area contributed by atoms with Gasteiger partial charge < -0.3 is 15.6 Å². The Morgan fingerprint density at radius 2 is 2.09 bits per heavy atom. The topological polar surface area (TPSA) is 55.5 Å². The van der Waals surface area contributed by atoms with Gasteiger partial charge in [-0.25, -0.2) is 0 Å². The molecule has 0 bridgehead atoms. The van der Waals surface area contributed by atoms with Crippen molar-refractivity contribution < 1.29 is 9.84 Å². The molecule has 128 valence electrons. The van der Waals surface area contributed by atoms with Crippen LogP contribution in [-0.4, -0.2) is 24.0 Å². The Bertz CT molecular complexity index is 521. The van der Waals surface area contributed by atoms with E-state index in [-0.39, 0.29) is 5.92 Å². The minimum Gasteiger partial charge on any atom is -0.379 e. The van der Waals surface area contributed by atoms with E-state index in [1.54, 1.807) is 11.3 Å². The first-order valence-electron chi connectivity index (χ1n) is 8.67. The summed E-state index contributed by atoms with van der Waals surface area (Å²) in [6.45, 7) is 4.82. The minimum atomic E-state index is -0.728. The molecular formula is C19H29NO2S. The van der Waals surface area contributed by atoms with Gasteiger partial charge in [0.15, 0.2) is 0 Å². The lowest BCUT2D eigenvalue weighted by atomic mass is 9.89. The molecule has 1 aliphatic carbocycles. The van der Waals surface area contributed by atoms with E-state index in [9.17, 15) is 5.11 Å². The highest BCUT2D eigenvalue weighted by atomic mass is 32.1. The highest BCUT2D eigenvalue weighted by molar-refractivity contribution is 7.12. The third-order valence-corrected chi connectivity index (χ3v) is 5.72. The van der Waals surface area contributed by atoms with E-state index in [1.807, 2.05) is 6.92 Å². The molecule has 1 unspecified atom stereocenters. The second-order valence-electron chi connectivity index (χ2n) is 6.77. The molecule has 1 fully saturated rings. The summed E-state index contributed by atoms with van der Waals surface area (Å²) in [6.07, 6.45) is 6.43. The van der Waals surface area contributed by atoms with Gasteiger partial charge in [-0.1, -0.05) is 25.7 Å². The number of aliphatic hydroxyl groups excluding tert-OH is 1. The molecule has 1 heterocycles. The van der Waals surface area contributed by atoms with Crippen LogP contribution in [0.25, 0.3) is 0 Å². The van der Waals surface area contributed by atoms with Gasteiger partial charge >= 0.3 is 0 Å². The van der Waals surface area contributed by atoms with Gasteiger partial charge in [0.25, 0.3) is 0 Å². The number of aryl methyl sites for hydroxylation is 1. The predicted octanol–water partition coefficient (Wildman–Crippen LogP) is 3.54. The van der Waals surface area contributed by atoms with Crippen LogP contribution in [0.5, 0.6) is 0 Å². The molecule has 1 saturated carbocycles. The maximum atomic E-state index is 9.31. The summed E-state index contributed by atoms with van der Waals surface area (Å²) in [7, 11) is 0. The van der Waals surface area contributed by atoms with Crippen LogP contribution in [0.1, 0.15) is 55.7 Å². The maximum absolute atomic E-state index is 9.31. The second-order valence-corrected chi connectivity index (χ2v) is 7.94. The van der Waals surface area contributed by atoms with Gasteiger partial charge in [0.05, 0.1) is 11.0 Å². The lowest BCUT2D eigenvalue weighted by Gasteiger charge is -2.25. The van der Waals surface area contributed by atoms with E-state index < -0.39 is 6.23 Å². The molecule has 4 heteroatoms. The monoisotopic (exact) mass is 335 g/mol. The van der Waals surface area contributed by atoms with Crippen molar-refractivity contribution in [2.75, 3.05) is 6.61 Å². The maximum Gasteiger partial charge on any atom is 0.108 e. The van der Waals surface area contributed by atoms with Crippen molar-refractivity contribution in [1.82, 2.24) is 0 Å². The van der Waals surface area contributed by atoms with E-state index in [1.165, 1.54) is 30.6 Å². The van der Waals surface area contributed by atoms with Crippen LogP contribution >= 0.6 is 11.3 Å². The largest absolute Gasteiger partial charge is 0.379 e. The zero-order valence-electron chi connectivity index (χ0n) is 14.3. The summed E-state index contributed by atoms with van der Waals surface area (Å²) in [5.74, 6) is 7.31. The summed E-state index contributed by atoms with van der Waals surface area (Å²) in [6, 6.07) is 4.19. The zero-order valence-corrected chi connectivity index (χ0v) is 15.1. The summed E-state index contributed by atoms with van der Waals surface area (Å²) in [5, 5.41) is 9.31. The molecule has 0 spiro atoms. The number of ether oxygens (including phenoxy) is 1. The van der Waals surface area contributed by atoms with Crippen LogP contribution in [0.2, 0.25) is 0 Å². The van der Waals surface area contributed by atoms with Gasteiger partial charge in [-0.3, -0.25) is 0 Å². The van der Waals surface area contributed by atoms with Crippen molar-refractivity contribution >= 4 is 11.3 Å². The molecule has 0 amide bonds. The molecule has 0 saturated heterocycles. The summed E-state index contributed by atoms with van der Waals surface area (Å²) < 4.78 is 5.85. The standard InChI is InChI=1S/C19H29NO2S/c1-14-5-8-16(9-6-14)22-13-3-4-17-11-12-18(23-17)10-7-15(2)19(20)21/h11-12,14-16,19,21H,5-10,13,20H2,1-2H3/t14?,15-,16?,19?/m1/s1. The first-order valence-corrected chi connectivity index (χ1v) is 9.49. The highest BCUT2D eigenvalue weighted by Gasteiger charge is 2.17. The van der Waals surface area contributed by atoms with Crippen molar-refractivity contribution in [2.45, 2.75) is 64.7 Å². The van der Waals surface area contributed by atoms with Gasteiger partial charge in [-0.15, -0.1) is 11.3 Å². The Hall–Kier alpha value is -0.860. The third kappa shape index (κ3) is 6.64. The summed E-state index contributed by atoms with van der Waals surface area (Å²) >= 11 is 1.72. The van der Waals surface area contributed by atoms with Gasteiger partial charge in [0.2, 0.25) is 0 Å². The average Bonchev–Trinajstić information content (AvgIpc) is 2.98. The van der Waals surface area contributed by atoms with Gasteiger partial charge in [0, 0.05) is 4.88 Å². The zero-order chi connectivity index (χ0) is 16.7. The third-order valence-electron chi connectivity index (χ3n) is 4.66. The lowest BCUT2D eigenvalue weighted by Crippen LogP contribution is -2.27. The summed E-state index contributed by atoms with van der Waals surface area (Å²) in [5.41, 5.74) is 5.48. The van der Waals surface area contributed by atoms with E-state index in [0.29, 0.717) is 12.7 Å². The Kier molecular flexibility index (Phi) is 7.58. The van der Waals surface area contributed by atoms with Crippen molar-refractivity contribution in [1.29, 1.82) is 0 Å². The Balaban J connectivity index is 1.70. The molecule has 2 rings (SSSR count). The molecule has 1 aliphatic rings. The number of nitrogens with two attached hydrogens (primary N) is 1. The molecule has 1 aromatic rings. The van der Waals surface area contributed by atoms with Crippen molar-refractivity contribution in [3.05, 3.63) is 21.9 Å². The first kappa shape index (κ1) is 18.5. The quantitative estimate of drug-likeness (QED) is 0.617. The number of rotatable bonds is 6. The van der Waals surface area contributed by atoms with Crippen LogP contribution in [0.3, 0.4) is 0 Å². The Labute approximate surface area is 144 Å². The smallest absolute Gasteiger partial charge is 0.108 e. The number of aliphatic hydroxyl groups is 1. The molecule has 1 aromatic heterocycles. The Morgan fingerprint density at radius 3 is 2.78 bits per heavy atom. The molecule has 0 radical (unpaired) electrons. The summed E-state index contributed by atoms with van der Waals surface area (Å²) in [4.78, 5) is 2.38. The van der Waals surface area contributed by atoms with Gasteiger partial charge in [-0.2, -0.15) is 0 Å². The van der Waals surface area contributed by atoms with Crippen LogP contribution in [-0.2, 0) is 11.2 Å². The van der Waals surface area contributed by atoms with E-state index in [4.69, 9.17) is 10.5 Å². The normalized spacial score (nSPS) is 23.8. The highest BCUT2D eigenvalue weighted by Crippen LogP contribution is 2.25. The fourth-order valence-corrected chi connectivity index (χ4v) is 3.70. The number of thiophene rings is 1. The average molecular weight is 336 g/mol. The van der Waals surface area contributed by atoms with Crippen molar-refractivity contribution in [3.8, 4) is 11.8 Å². The molecule has 0 aliphatic heterocycles. The molecule has 0 aromatic carbocycles. The van der Waals surface area contributed by atoms with E-state index in [0.717, 1.165) is 23.6 Å². The molecule has 3 N–H and O–H groups in total. The van der Waals surface area contributed by atoms with E-state index >= 15 is 0 Å². The minimum absolute atomic E-state index is 0.123. The van der Waals surface area contributed by atoms with Crippen molar-refractivity contribution in [3.63, 3.8) is 0 Å². The van der Waals surface area contributed by atoms with Gasteiger partial charge in [0.1, 0.15) is 12.8 Å². The fourth-order valence-electron chi connectivity index (χ4n) is 2.80. The molecule has 2 atom stereocenters.